The highest BCUT2D eigenvalue weighted by molar-refractivity contribution is 5.32. The first-order valence-corrected chi connectivity index (χ1v) is 3.70. The quantitative estimate of drug-likeness (QED) is 0.708. The van der Waals surface area contributed by atoms with Gasteiger partial charge in [-0.05, 0) is 12.1 Å². The van der Waals surface area contributed by atoms with Crippen LogP contribution in [0.3, 0.4) is 0 Å². The molecule has 0 spiro atoms. The Morgan fingerprint density at radius 1 is 1.58 bits per heavy atom. The molecule has 2 N–H and O–H groups in total. The summed E-state index contributed by atoms with van der Waals surface area (Å²) < 4.78 is 10.2. The molecule has 1 heterocycles. The Balaban J connectivity index is 2.68. The molecule has 1 aromatic rings. The van der Waals surface area contributed by atoms with Crippen molar-refractivity contribution in [3.8, 4) is 11.6 Å². The van der Waals surface area contributed by atoms with E-state index < -0.39 is 0 Å². The van der Waals surface area contributed by atoms with Crippen LogP contribution in [0.2, 0.25) is 0 Å². The minimum absolute atomic E-state index is 0.452. The van der Waals surface area contributed by atoms with E-state index in [9.17, 15) is 0 Å². The van der Waals surface area contributed by atoms with Crippen LogP contribution in [0.1, 0.15) is 0 Å². The molecule has 66 valence electrons. The van der Waals surface area contributed by atoms with Crippen LogP contribution in [-0.2, 0) is 0 Å². The van der Waals surface area contributed by atoms with Gasteiger partial charge in [0, 0.05) is 12.7 Å². The molecule has 0 aliphatic carbocycles. The number of nitrogens with zero attached hydrogens (tertiary/aromatic N) is 1. The van der Waals surface area contributed by atoms with Crippen molar-refractivity contribution in [2.75, 3.05) is 20.3 Å². The Morgan fingerprint density at radius 3 is 3.08 bits per heavy atom. The molecule has 1 aromatic heterocycles. The second-order valence-electron chi connectivity index (χ2n) is 2.15. The van der Waals surface area contributed by atoms with Crippen LogP contribution in [-0.4, -0.2) is 25.2 Å². The summed E-state index contributed by atoms with van der Waals surface area (Å²) in [4.78, 5) is 3.98. The van der Waals surface area contributed by atoms with Gasteiger partial charge in [0.25, 0.3) is 5.88 Å². The van der Waals surface area contributed by atoms with Crippen molar-refractivity contribution >= 4 is 0 Å². The highest BCUT2D eigenvalue weighted by Crippen LogP contribution is 2.21. The van der Waals surface area contributed by atoms with Gasteiger partial charge in [-0.1, -0.05) is 0 Å². The van der Waals surface area contributed by atoms with Crippen molar-refractivity contribution in [2.24, 2.45) is 5.73 Å². The van der Waals surface area contributed by atoms with Gasteiger partial charge < -0.3 is 15.2 Å². The number of nitrogens with two attached hydrogens (primary N) is 1. The average Bonchev–Trinajstić information content (AvgIpc) is 2.15. The first-order valence-electron chi connectivity index (χ1n) is 3.70. The first-order chi connectivity index (χ1) is 5.88. The Kier molecular flexibility index (Phi) is 3.35. The van der Waals surface area contributed by atoms with E-state index in [1.165, 1.54) is 0 Å². The molecule has 1 rings (SSSR count). The summed E-state index contributed by atoms with van der Waals surface area (Å²) in [5, 5.41) is 0. The maximum Gasteiger partial charge on any atom is 0.257 e. The van der Waals surface area contributed by atoms with Gasteiger partial charge in [-0.2, -0.15) is 0 Å². The van der Waals surface area contributed by atoms with E-state index in [1.807, 2.05) is 0 Å². The number of pyridine rings is 1. The second kappa shape index (κ2) is 4.56. The molecule has 0 aromatic carbocycles. The van der Waals surface area contributed by atoms with Gasteiger partial charge in [-0.15, -0.1) is 0 Å². The second-order valence-corrected chi connectivity index (χ2v) is 2.15. The number of hydrogen-bond acceptors (Lipinski definition) is 4. The Morgan fingerprint density at radius 2 is 2.42 bits per heavy atom. The molecular weight excluding hydrogens is 156 g/mol. The van der Waals surface area contributed by atoms with Crippen LogP contribution in [0, 0.1) is 0 Å². The Bertz CT molecular complexity index is 240. The third-order valence-corrected chi connectivity index (χ3v) is 1.31. The molecule has 0 saturated heterocycles. The first kappa shape index (κ1) is 8.80. The zero-order valence-corrected chi connectivity index (χ0v) is 6.99. The summed E-state index contributed by atoms with van der Waals surface area (Å²) in [6, 6.07) is 3.58. The fraction of sp³-hybridized carbons (Fsp3) is 0.375. The molecule has 0 amide bonds. The summed E-state index contributed by atoms with van der Waals surface area (Å²) in [5.41, 5.74) is 5.27. The molecule has 0 atom stereocenters. The number of rotatable bonds is 4. The fourth-order valence-corrected chi connectivity index (χ4v) is 0.795. The molecule has 0 bridgehead atoms. The van der Waals surface area contributed by atoms with Crippen molar-refractivity contribution in [1.29, 1.82) is 0 Å². The monoisotopic (exact) mass is 168 g/mol. The van der Waals surface area contributed by atoms with Gasteiger partial charge in [0.15, 0.2) is 5.75 Å². The summed E-state index contributed by atoms with van der Waals surface area (Å²) >= 11 is 0. The number of hydrogen-bond donors (Lipinski definition) is 1. The predicted octanol–water partition coefficient (Wildman–Crippen LogP) is 0.428. The van der Waals surface area contributed by atoms with Crippen molar-refractivity contribution in [2.45, 2.75) is 0 Å². The minimum Gasteiger partial charge on any atom is -0.491 e. The molecule has 0 radical (unpaired) electrons. The largest absolute Gasteiger partial charge is 0.491 e. The third kappa shape index (κ3) is 2.10. The van der Waals surface area contributed by atoms with E-state index in [4.69, 9.17) is 15.2 Å². The zero-order valence-electron chi connectivity index (χ0n) is 6.99. The van der Waals surface area contributed by atoms with E-state index in [0.717, 1.165) is 0 Å². The smallest absolute Gasteiger partial charge is 0.257 e. The van der Waals surface area contributed by atoms with Crippen molar-refractivity contribution < 1.29 is 9.47 Å². The number of aromatic nitrogens is 1. The molecule has 0 saturated carbocycles. The van der Waals surface area contributed by atoms with Crippen LogP contribution in [0.15, 0.2) is 18.3 Å². The molecule has 12 heavy (non-hydrogen) atoms. The van der Waals surface area contributed by atoms with Gasteiger partial charge in [-0.25, -0.2) is 4.98 Å². The highest BCUT2D eigenvalue weighted by Gasteiger charge is 2.02. The summed E-state index contributed by atoms with van der Waals surface area (Å²) in [5.74, 6) is 1.12. The normalized spacial score (nSPS) is 9.50. The highest BCUT2D eigenvalue weighted by atomic mass is 16.5. The van der Waals surface area contributed by atoms with Gasteiger partial charge in [0.2, 0.25) is 0 Å². The Labute approximate surface area is 71.3 Å². The van der Waals surface area contributed by atoms with Crippen molar-refractivity contribution in [3.63, 3.8) is 0 Å². The summed E-state index contributed by atoms with van der Waals surface area (Å²) in [6.07, 6.45) is 1.65. The lowest BCUT2D eigenvalue weighted by atomic mass is 10.4. The van der Waals surface area contributed by atoms with Crippen LogP contribution < -0.4 is 15.2 Å². The van der Waals surface area contributed by atoms with Gasteiger partial charge in [-0.3, -0.25) is 0 Å². The number of ether oxygens (including phenoxy) is 2. The SMILES string of the molecule is COc1cccnc1OCCN. The standard InChI is InChI=1S/C8H12N2O2/c1-11-7-3-2-5-10-8(7)12-6-4-9/h2-3,5H,4,6,9H2,1H3. The van der Waals surface area contributed by atoms with E-state index in [0.29, 0.717) is 24.8 Å². The van der Waals surface area contributed by atoms with Crippen LogP contribution in [0.25, 0.3) is 0 Å². The summed E-state index contributed by atoms with van der Waals surface area (Å²) in [6.45, 7) is 0.924. The van der Waals surface area contributed by atoms with Gasteiger partial charge in [0.1, 0.15) is 6.61 Å². The molecular formula is C8H12N2O2. The van der Waals surface area contributed by atoms with E-state index >= 15 is 0 Å². The minimum atomic E-state index is 0.452. The maximum atomic E-state index is 5.27. The van der Waals surface area contributed by atoms with Crippen LogP contribution in [0.5, 0.6) is 11.6 Å². The van der Waals surface area contributed by atoms with E-state index in [1.54, 1.807) is 25.4 Å². The molecule has 0 aliphatic rings. The maximum absolute atomic E-state index is 5.27. The van der Waals surface area contributed by atoms with Crippen molar-refractivity contribution in [3.05, 3.63) is 18.3 Å². The Hall–Kier alpha value is -1.29. The average molecular weight is 168 g/mol. The molecule has 4 nitrogen and oxygen atoms in total. The van der Waals surface area contributed by atoms with Gasteiger partial charge in [0.05, 0.1) is 7.11 Å². The van der Waals surface area contributed by atoms with Gasteiger partial charge >= 0.3 is 0 Å². The zero-order chi connectivity index (χ0) is 8.81. The molecule has 0 aliphatic heterocycles. The lowest BCUT2D eigenvalue weighted by molar-refractivity contribution is 0.290. The van der Waals surface area contributed by atoms with Crippen LogP contribution in [0.4, 0.5) is 0 Å². The molecule has 0 unspecified atom stereocenters. The molecule has 0 fully saturated rings. The lowest BCUT2D eigenvalue weighted by Gasteiger charge is -2.06. The lowest BCUT2D eigenvalue weighted by Crippen LogP contribution is -2.11. The fourth-order valence-electron chi connectivity index (χ4n) is 0.795. The predicted molar refractivity (Wildman–Crippen MR) is 45.3 cm³/mol. The number of methoxy groups -OCH3 is 1. The third-order valence-electron chi connectivity index (χ3n) is 1.31. The van der Waals surface area contributed by atoms with E-state index in [2.05, 4.69) is 4.98 Å². The van der Waals surface area contributed by atoms with E-state index in [-0.39, 0.29) is 0 Å². The molecule has 4 heteroatoms. The summed E-state index contributed by atoms with van der Waals surface area (Å²) in [7, 11) is 1.58. The van der Waals surface area contributed by atoms with Crippen molar-refractivity contribution in [1.82, 2.24) is 4.98 Å². The topological polar surface area (TPSA) is 57.4 Å². The van der Waals surface area contributed by atoms with Crippen LogP contribution >= 0.6 is 0 Å².